The van der Waals surface area contributed by atoms with Crippen LogP contribution in [0.25, 0.3) is 0 Å². The van der Waals surface area contributed by atoms with Crippen molar-refractivity contribution in [3.05, 3.63) is 28.5 Å². The molecule has 2 N–H and O–H groups in total. The normalized spacial score (nSPS) is 10.4. The fourth-order valence-corrected chi connectivity index (χ4v) is 2.22. The third kappa shape index (κ3) is 3.16. The van der Waals surface area contributed by atoms with Crippen molar-refractivity contribution in [1.29, 1.82) is 0 Å². The van der Waals surface area contributed by atoms with Crippen LogP contribution in [-0.2, 0) is 11.3 Å². The van der Waals surface area contributed by atoms with Crippen molar-refractivity contribution < 1.29 is 14.7 Å². The average Bonchev–Trinajstić information content (AvgIpc) is 2.87. The standard InChI is InChI=1S/C11H12N4O3S/c1-6-7(2)19-11(13-6)14-9(16)5-15-4-8(3-12-15)10(17)18/h3-4H,5H2,1-2H3,(H,17,18)(H,13,14,16). The minimum atomic E-state index is -1.07. The molecule has 0 fully saturated rings. The van der Waals surface area contributed by atoms with Crippen LogP contribution in [0.2, 0.25) is 0 Å². The van der Waals surface area contributed by atoms with E-state index in [1.165, 1.54) is 28.4 Å². The van der Waals surface area contributed by atoms with Crippen molar-refractivity contribution in [3.63, 3.8) is 0 Å². The van der Waals surface area contributed by atoms with Crippen LogP contribution in [0.1, 0.15) is 20.9 Å². The van der Waals surface area contributed by atoms with E-state index in [1.807, 2.05) is 13.8 Å². The molecule has 0 unspecified atom stereocenters. The van der Waals surface area contributed by atoms with Crippen molar-refractivity contribution in [1.82, 2.24) is 14.8 Å². The number of aromatic nitrogens is 3. The summed E-state index contributed by atoms with van der Waals surface area (Å²) in [5.41, 5.74) is 0.932. The predicted molar refractivity (Wildman–Crippen MR) is 69.4 cm³/mol. The number of carboxylic acids is 1. The summed E-state index contributed by atoms with van der Waals surface area (Å²) in [6.07, 6.45) is 2.51. The Morgan fingerprint density at radius 1 is 1.47 bits per heavy atom. The number of nitrogens with one attached hydrogen (secondary N) is 1. The maximum atomic E-state index is 11.7. The van der Waals surface area contributed by atoms with E-state index in [4.69, 9.17) is 5.11 Å². The van der Waals surface area contributed by atoms with E-state index in [0.29, 0.717) is 5.13 Å². The minimum absolute atomic E-state index is 0.0498. The van der Waals surface area contributed by atoms with Gasteiger partial charge in [-0.05, 0) is 13.8 Å². The van der Waals surface area contributed by atoms with Crippen molar-refractivity contribution in [2.45, 2.75) is 20.4 Å². The van der Waals surface area contributed by atoms with Crippen LogP contribution in [0.5, 0.6) is 0 Å². The van der Waals surface area contributed by atoms with E-state index in [-0.39, 0.29) is 18.0 Å². The van der Waals surface area contributed by atoms with Gasteiger partial charge in [-0.15, -0.1) is 11.3 Å². The summed E-state index contributed by atoms with van der Waals surface area (Å²) in [6, 6.07) is 0. The number of carbonyl (C=O) groups is 2. The quantitative estimate of drug-likeness (QED) is 0.879. The molecule has 2 aromatic heterocycles. The maximum Gasteiger partial charge on any atom is 0.338 e. The lowest BCUT2D eigenvalue weighted by Gasteiger charge is -2.01. The first kappa shape index (κ1) is 13.2. The van der Waals surface area contributed by atoms with Crippen LogP contribution in [0.4, 0.5) is 5.13 Å². The second-order valence-corrected chi connectivity index (χ2v) is 5.14. The molecule has 0 bridgehead atoms. The van der Waals surface area contributed by atoms with E-state index in [1.54, 1.807) is 0 Å². The molecule has 2 aromatic rings. The first-order valence-corrected chi connectivity index (χ1v) is 6.27. The SMILES string of the molecule is Cc1nc(NC(=O)Cn2cc(C(=O)O)cn2)sc1C. The number of carbonyl (C=O) groups excluding carboxylic acids is 1. The molecule has 0 saturated heterocycles. The van der Waals surface area contributed by atoms with Gasteiger partial charge >= 0.3 is 5.97 Å². The molecule has 0 radical (unpaired) electrons. The summed E-state index contributed by atoms with van der Waals surface area (Å²) in [6.45, 7) is 3.74. The topological polar surface area (TPSA) is 97.1 Å². The third-order valence-electron chi connectivity index (χ3n) is 2.46. The first-order chi connectivity index (χ1) is 8.95. The predicted octanol–water partition coefficient (Wildman–Crippen LogP) is 1.29. The van der Waals surface area contributed by atoms with Crippen LogP contribution in [0.15, 0.2) is 12.4 Å². The molecule has 8 heteroatoms. The number of carboxylic acid groups (broad SMARTS) is 1. The summed E-state index contributed by atoms with van der Waals surface area (Å²) in [5, 5.41) is 15.7. The molecular formula is C11H12N4O3S. The summed E-state index contributed by atoms with van der Waals surface area (Å²) < 4.78 is 1.27. The second kappa shape index (κ2) is 5.19. The smallest absolute Gasteiger partial charge is 0.338 e. The zero-order chi connectivity index (χ0) is 14.0. The fourth-order valence-electron chi connectivity index (χ4n) is 1.39. The number of anilines is 1. The molecule has 2 rings (SSSR count). The third-order valence-corrected chi connectivity index (χ3v) is 3.45. The molecule has 100 valence electrons. The van der Waals surface area contributed by atoms with E-state index >= 15 is 0 Å². The Labute approximate surface area is 112 Å². The zero-order valence-corrected chi connectivity index (χ0v) is 11.2. The van der Waals surface area contributed by atoms with Gasteiger partial charge in [-0.25, -0.2) is 9.78 Å². The lowest BCUT2D eigenvalue weighted by molar-refractivity contribution is -0.116. The van der Waals surface area contributed by atoms with Crippen molar-refractivity contribution >= 4 is 28.3 Å². The number of nitrogens with zero attached hydrogens (tertiary/aromatic N) is 3. The average molecular weight is 280 g/mol. The highest BCUT2D eigenvalue weighted by Gasteiger charge is 2.11. The molecular weight excluding hydrogens is 268 g/mol. The number of amides is 1. The number of aromatic carboxylic acids is 1. The number of aryl methyl sites for hydroxylation is 2. The number of thiazole rings is 1. The monoisotopic (exact) mass is 280 g/mol. The van der Waals surface area contributed by atoms with Crippen molar-refractivity contribution in [2.24, 2.45) is 0 Å². The molecule has 0 aromatic carbocycles. The summed E-state index contributed by atoms with van der Waals surface area (Å²) >= 11 is 1.40. The summed E-state index contributed by atoms with van der Waals surface area (Å²) in [4.78, 5) is 27.6. The molecule has 0 atom stereocenters. The van der Waals surface area contributed by atoms with Gasteiger partial charge in [0.05, 0.1) is 17.5 Å². The molecule has 0 aliphatic carbocycles. The van der Waals surface area contributed by atoms with Crippen LogP contribution >= 0.6 is 11.3 Å². The van der Waals surface area contributed by atoms with Crippen LogP contribution in [-0.4, -0.2) is 31.7 Å². The summed E-state index contributed by atoms with van der Waals surface area (Å²) in [7, 11) is 0. The Morgan fingerprint density at radius 3 is 2.74 bits per heavy atom. The van der Waals surface area contributed by atoms with E-state index in [0.717, 1.165) is 10.6 Å². The Bertz CT molecular complexity index is 612. The zero-order valence-electron chi connectivity index (χ0n) is 10.4. The Morgan fingerprint density at radius 2 is 2.21 bits per heavy atom. The number of hydrogen-bond acceptors (Lipinski definition) is 5. The van der Waals surface area contributed by atoms with Gasteiger partial charge in [0.2, 0.25) is 5.91 Å². The Balaban J connectivity index is 1.99. The molecule has 7 nitrogen and oxygen atoms in total. The second-order valence-electron chi connectivity index (χ2n) is 3.94. The highest BCUT2D eigenvalue weighted by Crippen LogP contribution is 2.20. The first-order valence-electron chi connectivity index (χ1n) is 5.45. The molecule has 0 aliphatic heterocycles. The molecule has 19 heavy (non-hydrogen) atoms. The highest BCUT2D eigenvalue weighted by molar-refractivity contribution is 7.15. The number of rotatable bonds is 4. The maximum absolute atomic E-state index is 11.7. The van der Waals surface area contributed by atoms with Crippen molar-refractivity contribution in [2.75, 3.05) is 5.32 Å². The van der Waals surface area contributed by atoms with Gasteiger partial charge in [0.15, 0.2) is 5.13 Å². The molecule has 0 spiro atoms. The van der Waals surface area contributed by atoms with Gasteiger partial charge in [-0.3, -0.25) is 9.48 Å². The van der Waals surface area contributed by atoms with E-state index in [9.17, 15) is 9.59 Å². The van der Waals surface area contributed by atoms with E-state index < -0.39 is 5.97 Å². The highest BCUT2D eigenvalue weighted by atomic mass is 32.1. The fraction of sp³-hybridized carbons (Fsp3) is 0.273. The van der Waals surface area contributed by atoms with Gasteiger partial charge < -0.3 is 10.4 Å². The molecule has 0 aliphatic rings. The van der Waals surface area contributed by atoms with Crippen LogP contribution in [0, 0.1) is 13.8 Å². The molecule has 0 saturated carbocycles. The van der Waals surface area contributed by atoms with Crippen LogP contribution in [0.3, 0.4) is 0 Å². The lowest BCUT2D eigenvalue weighted by atomic mass is 10.4. The van der Waals surface area contributed by atoms with Gasteiger partial charge in [0.25, 0.3) is 0 Å². The number of hydrogen-bond donors (Lipinski definition) is 2. The largest absolute Gasteiger partial charge is 0.478 e. The summed E-state index contributed by atoms with van der Waals surface area (Å²) in [5.74, 6) is -1.37. The van der Waals surface area contributed by atoms with Gasteiger partial charge in [0.1, 0.15) is 6.54 Å². The Kier molecular flexibility index (Phi) is 3.61. The van der Waals surface area contributed by atoms with Gasteiger partial charge in [-0.2, -0.15) is 5.10 Å². The molecule has 2 heterocycles. The van der Waals surface area contributed by atoms with E-state index in [2.05, 4.69) is 15.4 Å². The van der Waals surface area contributed by atoms with Crippen molar-refractivity contribution in [3.8, 4) is 0 Å². The van der Waals surface area contributed by atoms with Crippen LogP contribution < -0.4 is 5.32 Å². The molecule has 1 amide bonds. The Hall–Kier alpha value is -2.22. The van der Waals surface area contributed by atoms with Gasteiger partial charge in [-0.1, -0.05) is 0 Å². The van der Waals surface area contributed by atoms with Gasteiger partial charge in [0, 0.05) is 11.1 Å². The lowest BCUT2D eigenvalue weighted by Crippen LogP contribution is -2.18. The minimum Gasteiger partial charge on any atom is -0.478 e.